The molecular weight excluding hydrogens is 260 g/mol. The fourth-order valence-electron chi connectivity index (χ4n) is 1.58. The van der Waals surface area contributed by atoms with Crippen LogP contribution >= 0.6 is 15.9 Å². The van der Waals surface area contributed by atoms with Gasteiger partial charge < -0.3 is 9.84 Å². The van der Waals surface area contributed by atoms with Crippen LogP contribution in [0.15, 0.2) is 22.7 Å². The molecule has 0 saturated carbocycles. The minimum absolute atomic E-state index is 0.666. The lowest BCUT2D eigenvalue weighted by Crippen LogP contribution is -1.89. The van der Waals surface area contributed by atoms with Crippen molar-refractivity contribution in [2.75, 3.05) is 6.61 Å². The Balaban J connectivity index is 2.42. The highest BCUT2D eigenvalue weighted by atomic mass is 79.9. The third-order valence-electron chi connectivity index (χ3n) is 2.18. The van der Waals surface area contributed by atoms with Gasteiger partial charge in [-0.15, -0.1) is 0 Å². The maximum atomic E-state index is 10.4. The average Bonchev–Trinajstić information content (AvgIpc) is 2.61. The number of fused-ring (bicyclic) bond motifs is 1. The number of hydrogen-bond acceptors (Lipinski definition) is 2. The molecule has 1 aliphatic rings. The van der Waals surface area contributed by atoms with Gasteiger partial charge in [0, 0.05) is 22.5 Å². The molecular formula is C11H9BrO3. The molecule has 0 saturated heterocycles. The van der Waals surface area contributed by atoms with Crippen LogP contribution in [-0.4, -0.2) is 17.7 Å². The fourth-order valence-corrected chi connectivity index (χ4v) is 2.11. The molecule has 0 aromatic heterocycles. The zero-order valence-corrected chi connectivity index (χ0v) is 9.45. The first-order valence-electron chi connectivity index (χ1n) is 4.53. The number of rotatable bonds is 2. The second kappa shape index (κ2) is 4.06. The SMILES string of the molecule is O=C(O)/C=C/c1cc(Br)cc2c1OCC2. The molecule has 1 heterocycles. The summed E-state index contributed by atoms with van der Waals surface area (Å²) in [5.74, 6) is -0.155. The molecule has 0 radical (unpaired) electrons. The monoisotopic (exact) mass is 268 g/mol. The van der Waals surface area contributed by atoms with Gasteiger partial charge in [0.15, 0.2) is 0 Å². The van der Waals surface area contributed by atoms with E-state index in [4.69, 9.17) is 9.84 Å². The van der Waals surface area contributed by atoms with Gasteiger partial charge in [-0.2, -0.15) is 0 Å². The van der Waals surface area contributed by atoms with E-state index in [1.54, 1.807) is 6.08 Å². The second-order valence-electron chi connectivity index (χ2n) is 3.25. The molecule has 0 amide bonds. The van der Waals surface area contributed by atoms with Crippen molar-refractivity contribution in [2.45, 2.75) is 6.42 Å². The number of carboxylic acids is 1. The van der Waals surface area contributed by atoms with Crippen molar-refractivity contribution in [3.63, 3.8) is 0 Å². The van der Waals surface area contributed by atoms with Crippen LogP contribution < -0.4 is 4.74 Å². The summed E-state index contributed by atoms with van der Waals surface area (Å²) in [6.45, 7) is 0.666. The van der Waals surface area contributed by atoms with Crippen molar-refractivity contribution in [1.29, 1.82) is 0 Å². The van der Waals surface area contributed by atoms with E-state index in [2.05, 4.69) is 15.9 Å². The maximum absolute atomic E-state index is 10.4. The Morgan fingerprint density at radius 3 is 3.07 bits per heavy atom. The average molecular weight is 269 g/mol. The Kier molecular flexibility index (Phi) is 2.77. The lowest BCUT2D eigenvalue weighted by molar-refractivity contribution is -0.131. The zero-order chi connectivity index (χ0) is 10.8. The Labute approximate surface area is 95.5 Å². The number of aliphatic carboxylic acids is 1. The highest BCUT2D eigenvalue weighted by molar-refractivity contribution is 9.10. The van der Waals surface area contributed by atoms with Crippen LogP contribution in [0.3, 0.4) is 0 Å². The van der Waals surface area contributed by atoms with Gasteiger partial charge >= 0.3 is 5.97 Å². The van der Waals surface area contributed by atoms with Gasteiger partial charge in [0.2, 0.25) is 0 Å². The first-order chi connectivity index (χ1) is 7.16. The number of carboxylic acid groups (broad SMARTS) is 1. The summed E-state index contributed by atoms with van der Waals surface area (Å²) in [6.07, 6.45) is 3.55. The molecule has 0 unspecified atom stereocenters. The van der Waals surface area contributed by atoms with Crippen LogP contribution in [0, 0.1) is 0 Å². The molecule has 78 valence electrons. The lowest BCUT2D eigenvalue weighted by atomic mass is 10.1. The van der Waals surface area contributed by atoms with Crippen molar-refractivity contribution in [3.05, 3.63) is 33.8 Å². The van der Waals surface area contributed by atoms with E-state index in [9.17, 15) is 4.79 Å². The third-order valence-corrected chi connectivity index (χ3v) is 2.64. The number of hydrogen-bond donors (Lipinski definition) is 1. The minimum atomic E-state index is -0.957. The number of halogens is 1. The molecule has 15 heavy (non-hydrogen) atoms. The van der Waals surface area contributed by atoms with E-state index in [-0.39, 0.29) is 0 Å². The largest absolute Gasteiger partial charge is 0.492 e. The van der Waals surface area contributed by atoms with E-state index in [0.29, 0.717) is 6.61 Å². The van der Waals surface area contributed by atoms with Crippen LogP contribution in [0.1, 0.15) is 11.1 Å². The molecule has 2 rings (SSSR count). The minimum Gasteiger partial charge on any atom is -0.492 e. The number of carbonyl (C=O) groups is 1. The Morgan fingerprint density at radius 2 is 2.33 bits per heavy atom. The summed E-state index contributed by atoms with van der Waals surface area (Å²) in [5.41, 5.74) is 1.92. The summed E-state index contributed by atoms with van der Waals surface area (Å²) in [4.78, 5) is 10.4. The Morgan fingerprint density at radius 1 is 1.53 bits per heavy atom. The number of benzene rings is 1. The summed E-state index contributed by atoms with van der Waals surface area (Å²) >= 11 is 3.39. The van der Waals surface area contributed by atoms with Crippen LogP contribution in [-0.2, 0) is 11.2 Å². The Hall–Kier alpha value is -1.29. The second-order valence-corrected chi connectivity index (χ2v) is 4.17. The molecule has 4 heteroatoms. The predicted molar refractivity (Wildman–Crippen MR) is 60.0 cm³/mol. The van der Waals surface area contributed by atoms with Gasteiger partial charge in [0.25, 0.3) is 0 Å². The highest BCUT2D eigenvalue weighted by Crippen LogP contribution is 2.33. The van der Waals surface area contributed by atoms with E-state index in [1.807, 2.05) is 12.1 Å². The van der Waals surface area contributed by atoms with E-state index in [0.717, 1.165) is 33.8 Å². The zero-order valence-electron chi connectivity index (χ0n) is 7.87. The molecule has 3 nitrogen and oxygen atoms in total. The van der Waals surface area contributed by atoms with Crippen molar-refractivity contribution in [3.8, 4) is 5.75 Å². The van der Waals surface area contributed by atoms with Gasteiger partial charge in [-0.25, -0.2) is 4.79 Å². The molecule has 1 aromatic rings. The first-order valence-corrected chi connectivity index (χ1v) is 5.32. The van der Waals surface area contributed by atoms with Gasteiger partial charge in [-0.1, -0.05) is 15.9 Å². The lowest BCUT2D eigenvalue weighted by Gasteiger charge is -2.04. The van der Waals surface area contributed by atoms with Gasteiger partial charge in [-0.05, 0) is 23.8 Å². The summed E-state index contributed by atoms with van der Waals surface area (Å²) in [7, 11) is 0. The van der Waals surface area contributed by atoms with Crippen molar-refractivity contribution >= 4 is 28.0 Å². The molecule has 1 aromatic carbocycles. The molecule has 1 aliphatic heterocycles. The fraction of sp³-hybridized carbons (Fsp3) is 0.182. The summed E-state index contributed by atoms with van der Waals surface area (Å²) < 4.78 is 6.39. The molecule has 0 spiro atoms. The topological polar surface area (TPSA) is 46.5 Å². The van der Waals surface area contributed by atoms with E-state index < -0.39 is 5.97 Å². The smallest absolute Gasteiger partial charge is 0.328 e. The normalized spacial score (nSPS) is 13.9. The molecule has 0 bridgehead atoms. The first kappa shape index (κ1) is 10.2. The highest BCUT2D eigenvalue weighted by Gasteiger charge is 2.15. The molecule has 0 atom stereocenters. The molecule has 0 fully saturated rings. The standard InChI is InChI=1S/C11H9BrO3/c12-9-5-7(1-2-10(13)14)11-8(6-9)3-4-15-11/h1-2,5-6H,3-4H2,(H,13,14)/b2-1+. The van der Waals surface area contributed by atoms with Gasteiger partial charge in [0.05, 0.1) is 6.61 Å². The third kappa shape index (κ3) is 2.21. The summed E-state index contributed by atoms with van der Waals surface area (Å²) in [6, 6.07) is 3.85. The van der Waals surface area contributed by atoms with Crippen LogP contribution in [0.2, 0.25) is 0 Å². The van der Waals surface area contributed by atoms with Crippen molar-refractivity contribution in [1.82, 2.24) is 0 Å². The van der Waals surface area contributed by atoms with Crippen LogP contribution in [0.5, 0.6) is 5.75 Å². The Bertz CT molecular complexity index is 438. The van der Waals surface area contributed by atoms with Gasteiger partial charge in [-0.3, -0.25) is 0 Å². The van der Waals surface area contributed by atoms with Crippen LogP contribution in [0.25, 0.3) is 6.08 Å². The van der Waals surface area contributed by atoms with Crippen molar-refractivity contribution < 1.29 is 14.6 Å². The van der Waals surface area contributed by atoms with Crippen molar-refractivity contribution in [2.24, 2.45) is 0 Å². The molecule has 0 aliphatic carbocycles. The summed E-state index contributed by atoms with van der Waals surface area (Å²) in [5, 5.41) is 8.55. The number of ether oxygens (including phenoxy) is 1. The van der Waals surface area contributed by atoms with Crippen LogP contribution in [0.4, 0.5) is 0 Å². The van der Waals surface area contributed by atoms with E-state index in [1.165, 1.54) is 0 Å². The molecule has 1 N–H and O–H groups in total. The van der Waals surface area contributed by atoms with Gasteiger partial charge in [0.1, 0.15) is 5.75 Å². The quantitative estimate of drug-likeness (QED) is 0.839. The van der Waals surface area contributed by atoms with E-state index >= 15 is 0 Å². The maximum Gasteiger partial charge on any atom is 0.328 e. The predicted octanol–water partition coefficient (Wildman–Crippen LogP) is 2.48.